The number of carboxylic acids is 1. The van der Waals surface area contributed by atoms with Crippen molar-refractivity contribution in [2.45, 2.75) is 19.6 Å². The topological polar surface area (TPSA) is 57.5 Å². The molecule has 2 N–H and O–H groups in total. The number of aliphatic carboxylic acids is 1. The second-order valence-corrected chi connectivity index (χ2v) is 9.73. The quantitative estimate of drug-likeness (QED) is 0.623. The van der Waals surface area contributed by atoms with Crippen LogP contribution in [-0.4, -0.2) is 24.3 Å². The summed E-state index contributed by atoms with van der Waals surface area (Å²) < 4.78 is 0. The van der Waals surface area contributed by atoms with E-state index in [9.17, 15) is 9.90 Å². The minimum absolute atomic E-state index is 0.227. The molecule has 0 saturated carbocycles. The molecule has 0 aliphatic carbocycles. The van der Waals surface area contributed by atoms with Crippen molar-refractivity contribution in [1.82, 2.24) is 0 Å². The first kappa shape index (κ1) is 12.5. The van der Waals surface area contributed by atoms with Gasteiger partial charge in [-0.15, -0.1) is 0 Å². The Balaban J connectivity index is 3.23. The van der Waals surface area contributed by atoms with Crippen LogP contribution in [0.25, 0.3) is 6.08 Å². The van der Waals surface area contributed by atoms with E-state index in [0.29, 0.717) is 0 Å². The Labute approximate surface area is 96.1 Å². The van der Waals surface area contributed by atoms with Crippen LogP contribution in [0.2, 0.25) is 19.6 Å². The number of carboxylic acid groups (broad SMARTS) is 1. The molecular weight excluding hydrogens is 220 g/mol. The lowest BCUT2D eigenvalue weighted by molar-refractivity contribution is -0.131. The third kappa shape index (κ3) is 3.24. The van der Waals surface area contributed by atoms with Crippen molar-refractivity contribution in [3.05, 3.63) is 29.8 Å². The third-order valence-electron chi connectivity index (χ3n) is 2.25. The summed E-state index contributed by atoms with van der Waals surface area (Å²) in [5.74, 6) is -0.737. The molecule has 3 nitrogen and oxygen atoms in total. The fourth-order valence-corrected chi connectivity index (χ4v) is 3.11. The molecule has 1 rings (SSSR count). The monoisotopic (exact) mass is 236 g/mol. The smallest absolute Gasteiger partial charge is 0.328 e. The van der Waals surface area contributed by atoms with Gasteiger partial charge < -0.3 is 10.2 Å². The largest absolute Gasteiger partial charge is 0.508 e. The van der Waals surface area contributed by atoms with Gasteiger partial charge in [0.05, 0.1) is 8.07 Å². The molecule has 1 aromatic rings. The van der Waals surface area contributed by atoms with Crippen molar-refractivity contribution < 1.29 is 15.0 Å². The first-order chi connectivity index (χ1) is 7.30. The maximum atomic E-state index is 10.5. The van der Waals surface area contributed by atoms with Gasteiger partial charge in [0.2, 0.25) is 0 Å². The summed E-state index contributed by atoms with van der Waals surface area (Å²) in [4.78, 5) is 10.5. The first-order valence-corrected chi connectivity index (χ1v) is 8.55. The third-order valence-corrected chi connectivity index (χ3v) is 4.30. The van der Waals surface area contributed by atoms with E-state index in [-0.39, 0.29) is 5.75 Å². The summed E-state index contributed by atoms with van der Waals surface area (Å²) in [6.45, 7) is 6.46. The van der Waals surface area contributed by atoms with E-state index in [0.717, 1.165) is 16.8 Å². The maximum Gasteiger partial charge on any atom is 0.328 e. The van der Waals surface area contributed by atoms with Crippen molar-refractivity contribution in [1.29, 1.82) is 0 Å². The molecule has 0 saturated heterocycles. The molecule has 86 valence electrons. The van der Waals surface area contributed by atoms with Crippen molar-refractivity contribution in [3.63, 3.8) is 0 Å². The van der Waals surface area contributed by atoms with Gasteiger partial charge in [-0.1, -0.05) is 25.7 Å². The average Bonchev–Trinajstić information content (AvgIpc) is 2.14. The second kappa shape index (κ2) is 4.53. The lowest BCUT2D eigenvalue weighted by Crippen LogP contribution is -2.39. The molecule has 1 aromatic carbocycles. The molecular formula is C12H16O3Si. The number of aromatic hydroxyl groups is 1. The average molecular weight is 236 g/mol. The summed E-state index contributed by atoms with van der Waals surface area (Å²) in [6.07, 6.45) is 2.70. The van der Waals surface area contributed by atoms with Gasteiger partial charge in [-0.2, -0.15) is 0 Å². The summed E-state index contributed by atoms with van der Waals surface area (Å²) in [7, 11) is -1.59. The van der Waals surface area contributed by atoms with Crippen LogP contribution in [0.4, 0.5) is 0 Å². The highest BCUT2D eigenvalue weighted by atomic mass is 28.3. The molecule has 0 amide bonds. The standard InChI is InChI=1S/C12H16O3Si/c1-16(2,3)11-8-10(13)6-4-9(11)5-7-12(14)15/h4-8,13H,1-3H3,(H,14,15)/b7-5+. The van der Waals surface area contributed by atoms with E-state index >= 15 is 0 Å². The van der Waals surface area contributed by atoms with Crippen molar-refractivity contribution in [3.8, 4) is 5.75 Å². The minimum atomic E-state index is -1.59. The summed E-state index contributed by atoms with van der Waals surface area (Å²) >= 11 is 0. The second-order valence-electron chi connectivity index (χ2n) is 4.69. The van der Waals surface area contributed by atoms with Gasteiger partial charge in [0.25, 0.3) is 0 Å². The molecule has 0 spiro atoms. The highest BCUT2D eigenvalue weighted by molar-refractivity contribution is 6.89. The number of benzene rings is 1. The Morgan fingerprint density at radius 1 is 1.31 bits per heavy atom. The summed E-state index contributed by atoms with van der Waals surface area (Å²) in [6, 6.07) is 5.06. The highest BCUT2D eigenvalue weighted by Gasteiger charge is 2.19. The van der Waals surface area contributed by atoms with E-state index in [4.69, 9.17) is 5.11 Å². The normalized spacial score (nSPS) is 11.9. The Hall–Kier alpha value is -1.55. The predicted octanol–water partition coefficient (Wildman–Crippen LogP) is 2.04. The molecule has 0 fully saturated rings. The number of hydrogen-bond acceptors (Lipinski definition) is 2. The van der Waals surface area contributed by atoms with Crippen LogP contribution in [0.1, 0.15) is 5.56 Å². The Morgan fingerprint density at radius 2 is 1.94 bits per heavy atom. The number of carbonyl (C=O) groups is 1. The Bertz CT molecular complexity index is 430. The Kier molecular flexibility index (Phi) is 3.54. The number of rotatable bonds is 3. The van der Waals surface area contributed by atoms with Crippen molar-refractivity contribution in [2.75, 3.05) is 0 Å². The summed E-state index contributed by atoms with van der Waals surface area (Å²) in [5, 5.41) is 19.1. The molecule has 0 unspecified atom stereocenters. The van der Waals surface area contributed by atoms with Crippen LogP contribution in [0.5, 0.6) is 5.75 Å². The number of hydrogen-bond donors (Lipinski definition) is 2. The zero-order chi connectivity index (χ0) is 12.3. The van der Waals surface area contributed by atoms with E-state index in [1.165, 1.54) is 0 Å². The van der Waals surface area contributed by atoms with Crippen LogP contribution in [0.3, 0.4) is 0 Å². The van der Waals surface area contributed by atoms with Gasteiger partial charge in [0.15, 0.2) is 0 Å². The van der Waals surface area contributed by atoms with E-state index in [2.05, 4.69) is 19.6 Å². The van der Waals surface area contributed by atoms with Gasteiger partial charge in [-0.05, 0) is 29.0 Å². The summed E-state index contributed by atoms with van der Waals surface area (Å²) in [5.41, 5.74) is 0.874. The van der Waals surface area contributed by atoms with E-state index in [1.54, 1.807) is 24.3 Å². The maximum absolute atomic E-state index is 10.5. The predicted molar refractivity (Wildman–Crippen MR) is 67.8 cm³/mol. The van der Waals surface area contributed by atoms with Crippen LogP contribution >= 0.6 is 0 Å². The zero-order valence-corrected chi connectivity index (χ0v) is 10.7. The van der Waals surface area contributed by atoms with Crippen molar-refractivity contribution >= 4 is 25.3 Å². The molecule has 0 atom stereocenters. The molecule has 0 aromatic heterocycles. The molecule has 0 heterocycles. The highest BCUT2D eigenvalue weighted by Crippen LogP contribution is 2.14. The van der Waals surface area contributed by atoms with Gasteiger partial charge in [-0.3, -0.25) is 0 Å². The fourth-order valence-electron chi connectivity index (χ4n) is 1.50. The van der Waals surface area contributed by atoms with Gasteiger partial charge >= 0.3 is 5.97 Å². The number of phenolic OH excluding ortho intramolecular Hbond substituents is 1. The molecule has 0 aliphatic rings. The molecule has 4 heteroatoms. The molecule has 0 aliphatic heterocycles. The van der Waals surface area contributed by atoms with Crippen molar-refractivity contribution in [2.24, 2.45) is 0 Å². The van der Waals surface area contributed by atoms with Crippen LogP contribution in [-0.2, 0) is 4.79 Å². The lowest BCUT2D eigenvalue weighted by Gasteiger charge is -2.19. The van der Waals surface area contributed by atoms with E-state index in [1.807, 2.05) is 0 Å². The van der Waals surface area contributed by atoms with Gasteiger partial charge in [0, 0.05) is 6.08 Å². The van der Waals surface area contributed by atoms with Crippen LogP contribution in [0, 0.1) is 0 Å². The SMILES string of the molecule is C[Si](C)(C)c1cc(O)ccc1/C=C/C(=O)O. The molecule has 0 radical (unpaired) electrons. The first-order valence-electron chi connectivity index (χ1n) is 5.05. The Morgan fingerprint density at radius 3 is 2.44 bits per heavy atom. The van der Waals surface area contributed by atoms with Crippen LogP contribution < -0.4 is 5.19 Å². The molecule has 0 bridgehead atoms. The van der Waals surface area contributed by atoms with E-state index < -0.39 is 14.0 Å². The van der Waals surface area contributed by atoms with Gasteiger partial charge in [-0.25, -0.2) is 4.79 Å². The fraction of sp³-hybridized carbons (Fsp3) is 0.250. The van der Waals surface area contributed by atoms with Gasteiger partial charge in [0.1, 0.15) is 5.75 Å². The zero-order valence-electron chi connectivity index (χ0n) is 9.69. The minimum Gasteiger partial charge on any atom is -0.508 e. The van der Waals surface area contributed by atoms with Crippen LogP contribution in [0.15, 0.2) is 24.3 Å². The number of phenols is 1. The molecule has 16 heavy (non-hydrogen) atoms. The lowest BCUT2D eigenvalue weighted by atomic mass is 10.2.